The third-order valence-corrected chi connectivity index (χ3v) is 4.06. The average Bonchev–Trinajstić information content (AvgIpc) is 3.11. The molecule has 0 bridgehead atoms. The molecule has 0 radical (unpaired) electrons. The lowest BCUT2D eigenvalue weighted by atomic mass is 10.1. The van der Waals surface area contributed by atoms with Crippen LogP contribution < -0.4 is 10.1 Å². The van der Waals surface area contributed by atoms with E-state index in [1.807, 2.05) is 23.1 Å². The summed E-state index contributed by atoms with van der Waals surface area (Å²) in [6.45, 7) is 3.44. The molecule has 4 heteroatoms. The summed E-state index contributed by atoms with van der Waals surface area (Å²) < 4.78 is 5.86. The summed E-state index contributed by atoms with van der Waals surface area (Å²) in [6.07, 6.45) is 4.08. The zero-order valence-corrected chi connectivity index (χ0v) is 11.8. The van der Waals surface area contributed by atoms with Crippen molar-refractivity contribution in [2.45, 2.75) is 31.8 Å². The fraction of sp³-hybridized carbons (Fsp3) is 0.562. The van der Waals surface area contributed by atoms with Crippen LogP contribution in [0.4, 0.5) is 0 Å². The molecule has 20 heavy (non-hydrogen) atoms. The highest BCUT2D eigenvalue weighted by Crippen LogP contribution is 2.27. The van der Waals surface area contributed by atoms with Gasteiger partial charge in [-0.05, 0) is 24.5 Å². The number of para-hydroxylation sites is 1. The van der Waals surface area contributed by atoms with Crippen molar-refractivity contribution in [1.29, 1.82) is 0 Å². The van der Waals surface area contributed by atoms with Crippen LogP contribution in [0.5, 0.6) is 5.75 Å². The number of carbonyl (C=O) groups is 1. The number of hydrogen-bond acceptors (Lipinski definition) is 3. The summed E-state index contributed by atoms with van der Waals surface area (Å²) >= 11 is 0. The Morgan fingerprint density at radius 2 is 2.10 bits per heavy atom. The molecular weight excluding hydrogens is 252 g/mol. The zero-order valence-electron chi connectivity index (χ0n) is 11.8. The number of fused-ring (bicyclic) bond motifs is 1. The largest absolute Gasteiger partial charge is 0.488 e. The average molecular weight is 274 g/mol. The predicted octanol–water partition coefficient (Wildman–Crippen LogP) is 1.59. The topological polar surface area (TPSA) is 41.6 Å². The van der Waals surface area contributed by atoms with Crippen molar-refractivity contribution < 1.29 is 9.53 Å². The molecule has 1 saturated heterocycles. The molecule has 1 fully saturated rings. The van der Waals surface area contributed by atoms with Crippen molar-refractivity contribution in [2.75, 3.05) is 26.2 Å². The Bertz CT molecular complexity index is 444. The third-order valence-electron chi connectivity index (χ3n) is 4.06. The fourth-order valence-corrected chi connectivity index (χ4v) is 2.95. The summed E-state index contributed by atoms with van der Waals surface area (Å²) in [5.41, 5.74) is 1.28. The lowest BCUT2D eigenvalue weighted by molar-refractivity contribution is -0.130. The first kappa shape index (κ1) is 13.4. The predicted molar refractivity (Wildman–Crippen MR) is 77.9 cm³/mol. The summed E-state index contributed by atoms with van der Waals surface area (Å²) in [5, 5.41) is 3.34. The molecule has 0 spiro atoms. The molecule has 1 aromatic rings. The normalized spacial score (nSPS) is 20.8. The van der Waals surface area contributed by atoms with E-state index in [0.29, 0.717) is 6.42 Å². The van der Waals surface area contributed by atoms with Gasteiger partial charge in [-0.2, -0.15) is 0 Å². The van der Waals surface area contributed by atoms with Crippen molar-refractivity contribution in [1.82, 2.24) is 10.2 Å². The summed E-state index contributed by atoms with van der Waals surface area (Å²) in [7, 11) is 0. The van der Waals surface area contributed by atoms with E-state index in [2.05, 4.69) is 11.4 Å². The van der Waals surface area contributed by atoms with E-state index in [9.17, 15) is 4.79 Å². The van der Waals surface area contributed by atoms with Gasteiger partial charge in [0.2, 0.25) is 5.91 Å². The molecule has 108 valence electrons. The molecule has 1 N–H and O–H groups in total. The van der Waals surface area contributed by atoms with Gasteiger partial charge in [0, 0.05) is 39.0 Å². The first-order valence-electron chi connectivity index (χ1n) is 7.56. The molecule has 4 nitrogen and oxygen atoms in total. The second-order valence-corrected chi connectivity index (χ2v) is 5.59. The lowest BCUT2D eigenvalue weighted by Gasteiger charge is -2.16. The molecule has 2 heterocycles. The van der Waals surface area contributed by atoms with Crippen LogP contribution in [0.3, 0.4) is 0 Å². The smallest absolute Gasteiger partial charge is 0.223 e. The second kappa shape index (κ2) is 6.27. The van der Waals surface area contributed by atoms with Crippen LogP contribution in [0, 0.1) is 0 Å². The Morgan fingerprint density at radius 3 is 2.90 bits per heavy atom. The highest BCUT2D eigenvalue weighted by atomic mass is 16.5. The highest BCUT2D eigenvalue weighted by molar-refractivity contribution is 5.76. The molecule has 0 saturated carbocycles. The molecule has 2 aliphatic heterocycles. The van der Waals surface area contributed by atoms with E-state index in [-0.39, 0.29) is 12.0 Å². The molecule has 0 aliphatic carbocycles. The number of rotatable bonds is 5. The van der Waals surface area contributed by atoms with Crippen molar-refractivity contribution in [3.05, 3.63) is 29.8 Å². The van der Waals surface area contributed by atoms with Crippen LogP contribution in [-0.2, 0) is 11.2 Å². The number of likely N-dealkylation sites (tertiary alicyclic amines) is 1. The summed E-state index contributed by atoms with van der Waals surface area (Å²) in [6, 6.07) is 8.19. The SMILES string of the molecule is O=C(CCNCC1Cc2ccccc2O1)N1CCCC1. The molecule has 1 unspecified atom stereocenters. The first-order valence-corrected chi connectivity index (χ1v) is 7.56. The van der Waals surface area contributed by atoms with Gasteiger partial charge in [0.1, 0.15) is 11.9 Å². The Morgan fingerprint density at radius 1 is 1.30 bits per heavy atom. The minimum absolute atomic E-state index is 0.203. The van der Waals surface area contributed by atoms with Crippen molar-refractivity contribution in [3.8, 4) is 5.75 Å². The third kappa shape index (κ3) is 3.12. The number of nitrogens with zero attached hydrogens (tertiary/aromatic N) is 1. The van der Waals surface area contributed by atoms with Crippen molar-refractivity contribution in [3.63, 3.8) is 0 Å². The summed E-state index contributed by atoms with van der Waals surface area (Å²) in [4.78, 5) is 13.9. The maximum atomic E-state index is 11.9. The van der Waals surface area contributed by atoms with Gasteiger partial charge in [-0.1, -0.05) is 18.2 Å². The van der Waals surface area contributed by atoms with Gasteiger partial charge in [0.15, 0.2) is 0 Å². The zero-order chi connectivity index (χ0) is 13.8. The minimum atomic E-state index is 0.203. The van der Waals surface area contributed by atoms with Crippen LogP contribution in [0.1, 0.15) is 24.8 Å². The van der Waals surface area contributed by atoms with Gasteiger partial charge >= 0.3 is 0 Å². The number of nitrogens with one attached hydrogen (secondary N) is 1. The van der Waals surface area contributed by atoms with E-state index >= 15 is 0 Å². The van der Waals surface area contributed by atoms with Crippen molar-refractivity contribution >= 4 is 5.91 Å². The molecular formula is C16H22N2O2. The molecule has 3 rings (SSSR count). The molecule has 2 aliphatic rings. The van der Waals surface area contributed by atoms with Crippen LogP contribution >= 0.6 is 0 Å². The molecule has 1 amide bonds. The maximum absolute atomic E-state index is 11.9. The van der Waals surface area contributed by atoms with E-state index < -0.39 is 0 Å². The molecule has 0 aromatic heterocycles. The van der Waals surface area contributed by atoms with E-state index in [1.165, 1.54) is 5.56 Å². The number of carbonyl (C=O) groups excluding carboxylic acids is 1. The Balaban J connectivity index is 1.34. The monoisotopic (exact) mass is 274 g/mol. The second-order valence-electron chi connectivity index (χ2n) is 5.59. The standard InChI is InChI=1S/C16H22N2O2/c19-16(18-9-3-4-10-18)7-8-17-12-14-11-13-5-1-2-6-15(13)20-14/h1-2,5-6,14,17H,3-4,7-12H2. The minimum Gasteiger partial charge on any atom is -0.488 e. The maximum Gasteiger partial charge on any atom is 0.223 e. The van der Waals surface area contributed by atoms with Gasteiger partial charge in [-0.3, -0.25) is 4.79 Å². The van der Waals surface area contributed by atoms with Gasteiger partial charge in [-0.15, -0.1) is 0 Å². The number of hydrogen-bond donors (Lipinski definition) is 1. The van der Waals surface area contributed by atoms with Gasteiger partial charge in [0.05, 0.1) is 0 Å². The fourth-order valence-electron chi connectivity index (χ4n) is 2.95. The molecule has 1 atom stereocenters. The van der Waals surface area contributed by atoms with Crippen molar-refractivity contribution in [2.24, 2.45) is 0 Å². The number of amides is 1. The van der Waals surface area contributed by atoms with Crippen LogP contribution in [0.25, 0.3) is 0 Å². The summed E-state index contributed by atoms with van der Waals surface area (Å²) in [5.74, 6) is 1.29. The Hall–Kier alpha value is -1.55. The number of ether oxygens (including phenoxy) is 1. The van der Waals surface area contributed by atoms with Gasteiger partial charge < -0.3 is 15.0 Å². The van der Waals surface area contributed by atoms with Gasteiger partial charge in [-0.25, -0.2) is 0 Å². The van der Waals surface area contributed by atoms with Gasteiger partial charge in [0.25, 0.3) is 0 Å². The molecule has 1 aromatic carbocycles. The van der Waals surface area contributed by atoms with Crippen LogP contribution in [-0.4, -0.2) is 43.1 Å². The lowest BCUT2D eigenvalue weighted by Crippen LogP contribution is -2.34. The first-order chi connectivity index (χ1) is 9.83. The van der Waals surface area contributed by atoms with E-state index in [1.54, 1.807) is 0 Å². The van der Waals surface area contributed by atoms with Crippen LogP contribution in [0.15, 0.2) is 24.3 Å². The van der Waals surface area contributed by atoms with E-state index in [0.717, 1.165) is 51.2 Å². The number of benzene rings is 1. The van der Waals surface area contributed by atoms with Crippen LogP contribution in [0.2, 0.25) is 0 Å². The Kier molecular flexibility index (Phi) is 4.21. The quantitative estimate of drug-likeness (QED) is 0.829. The Labute approximate surface area is 120 Å². The van der Waals surface area contributed by atoms with E-state index in [4.69, 9.17) is 4.74 Å². The highest BCUT2D eigenvalue weighted by Gasteiger charge is 2.22.